The van der Waals surface area contributed by atoms with Crippen LogP contribution in [-0.4, -0.2) is 73.4 Å². The minimum absolute atomic E-state index is 0.0738. The molecule has 2 aliphatic rings. The first-order chi connectivity index (χ1) is 14.4. The van der Waals surface area contributed by atoms with E-state index in [1.807, 2.05) is 0 Å². The third-order valence-electron chi connectivity index (χ3n) is 4.38. The highest BCUT2D eigenvalue weighted by molar-refractivity contribution is 9.10. The molecule has 0 radical (unpaired) electrons. The van der Waals surface area contributed by atoms with E-state index < -0.39 is 11.1 Å². The summed E-state index contributed by atoms with van der Waals surface area (Å²) in [6.07, 6.45) is 6.80. The van der Waals surface area contributed by atoms with E-state index in [0.29, 0.717) is 47.8 Å². The lowest BCUT2D eigenvalue weighted by Crippen LogP contribution is -2.46. The molecule has 3 rings (SSSR count). The molecule has 0 unspecified atom stereocenters. The summed E-state index contributed by atoms with van der Waals surface area (Å²) in [6, 6.07) is 3.39. The van der Waals surface area contributed by atoms with Crippen LogP contribution >= 0.6 is 27.7 Å². The average Bonchev–Trinajstić information content (AvgIpc) is 3.00. The van der Waals surface area contributed by atoms with Crippen molar-refractivity contribution in [2.24, 2.45) is 0 Å². The quantitative estimate of drug-likeness (QED) is 0.443. The lowest BCUT2D eigenvalue weighted by atomic mass is 10.2. The molecule has 0 bridgehead atoms. The van der Waals surface area contributed by atoms with Crippen LogP contribution < -0.4 is 9.47 Å². The summed E-state index contributed by atoms with van der Waals surface area (Å²) in [5.41, 5.74) is 0.622. The number of imide groups is 1. The van der Waals surface area contributed by atoms with Gasteiger partial charge in [-0.2, -0.15) is 0 Å². The Bertz CT molecular complexity index is 936. The number of thioether (sulfide) groups is 1. The fourth-order valence-corrected chi connectivity index (χ4v) is 4.33. The second kappa shape index (κ2) is 10.0. The first-order valence-electron chi connectivity index (χ1n) is 8.99. The number of carbonyl (C=O) groups is 3. The number of methoxy groups -OCH3 is 1. The van der Waals surface area contributed by atoms with Gasteiger partial charge in [0.1, 0.15) is 13.2 Å². The van der Waals surface area contributed by atoms with Gasteiger partial charge >= 0.3 is 0 Å². The van der Waals surface area contributed by atoms with Gasteiger partial charge in [0.2, 0.25) is 5.91 Å². The Labute approximate surface area is 186 Å². The molecule has 0 N–H and O–H groups in total. The van der Waals surface area contributed by atoms with Gasteiger partial charge in [-0.15, -0.1) is 6.42 Å². The molecular weight excluding hydrogens is 476 g/mol. The van der Waals surface area contributed by atoms with Gasteiger partial charge in [0.15, 0.2) is 11.5 Å². The Morgan fingerprint density at radius 3 is 2.77 bits per heavy atom. The summed E-state index contributed by atoms with van der Waals surface area (Å²) < 4.78 is 16.6. The standard InChI is InChI=1S/C20H19BrN2O6S/c1-3-6-29-18-14(21)9-13(10-15(18)27-2)11-16-19(25)23(20(26)30-16)12-17(24)22-4-7-28-8-5-22/h1,9-11H,4-8,12H2,2H3/b16-11+. The molecule has 3 amide bonds. The Morgan fingerprint density at radius 1 is 1.37 bits per heavy atom. The smallest absolute Gasteiger partial charge is 0.294 e. The molecule has 158 valence electrons. The maximum Gasteiger partial charge on any atom is 0.294 e. The highest BCUT2D eigenvalue weighted by Gasteiger charge is 2.37. The summed E-state index contributed by atoms with van der Waals surface area (Å²) in [5, 5.41) is -0.479. The maximum atomic E-state index is 12.7. The largest absolute Gasteiger partial charge is 0.493 e. The summed E-state index contributed by atoms with van der Waals surface area (Å²) in [5.74, 6) is 2.47. The van der Waals surface area contributed by atoms with Gasteiger partial charge in [-0.05, 0) is 51.5 Å². The average molecular weight is 495 g/mol. The van der Waals surface area contributed by atoms with Gasteiger partial charge in [-0.3, -0.25) is 19.3 Å². The first-order valence-corrected chi connectivity index (χ1v) is 10.6. The number of hydrogen-bond donors (Lipinski definition) is 0. The van der Waals surface area contributed by atoms with Crippen LogP contribution in [0.15, 0.2) is 21.5 Å². The zero-order valence-electron chi connectivity index (χ0n) is 16.2. The molecule has 0 aliphatic carbocycles. The summed E-state index contributed by atoms with van der Waals surface area (Å²) in [4.78, 5) is 40.2. The molecule has 8 nitrogen and oxygen atoms in total. The number of morpholine rings is 1. The molecule has 1 aromatic rings. The number of hydrogen-bond acceptors (Lipinski definition) is 7. The highest BCUT2D eigenvalue weighted by atomic mass is 79.9. The third-order valence-corrected chi connectivity index (χ3v) is 5.88. The van der Waals surface area contributed by atoms with E-state index in [4.69, 9.17) is 20.6 Å². The van der Waals surface area contributed by atoms with Crippen LogP contribution in [0.3, 0.4) is 0 Å². The van der Waals surface area contributed by atoms with E-state index >= 15 is 0 Å². The summed E-state index contributed by atoms with van der Waals surface area (Å²) in [6.45, 7) is 1.59. The normalized spacial score (nSPS) is 18.0. The van der Waals surface area contributed by atoms with Crippen LogP contribution in [0.5, 0.6) is 11.5 Å². The van der Waals surface area contributed by atoms with Gasteiger partial charge in [-0.25, -0.2) is 0 Å². The molecule has 0 aromatic heterocycles. The van der Waals surface area contributed by atoms with Crippen LogP contribution in [0.25, 0.3) is 6.08 Å². The molecule has 0 atom stereocenters. The monoisotopic (exact) mass is 494 g/mol. The van der Waals surface area contributed by atoms with Crippen LogP contribution in [0.4, 0.5) is 4.79 Å². The molecule has 0 spiro atoms. The van der Waals surface area contributed by atoms with Gasteiger partial charge in [0, 0.05) is 13.1 Å². The molecular formula is C20H19BrN2O6S. The summed E-state index contributed by atoms with van der Waals surface area (Å²) >= 11 is 4.19. The van der Waals surface area contributed by atoms with E-state index in [2.05, 4.69) is 21.9 Å². The van der Waals surface area contributed by atoms with Crippen molar-refractivity contribution in [3.63, 3.8) is 0 Å². The number of ether oxygens (including phenoxy) is 3. The van der Waals surface area contributed by atoms with Gasteiger partial charge in [-0.1, -0.05) is 5.92 Å². The number of carbonyl (C=O) groups excluding carboxylic acids is 3. The molecule has 10 heteroatoms. The second-order valence-electron chi connectivity index (χ2n) is 6.29. The van der Waals surface area contributed by atoms with E-state index in [9.17, 15) is 14.4 Å². The fourth-order valence-electron chi connectivity index (χ4n) is 2.91. The third kappa shape index (κ3) is 4.98. The van der Waals surface area contributed by atoms with E-state index in [0.717, 1.165) is 16.7 Å². The maximum absolute atomic E-state index is 12.7. The Balaban J connectivity index is 1.77. The lowest BCUT2D eigenvalue weighted by Gasteiger charge is -2.28. The van der Waals surface area contributed by atoms with Crippen molar-refractivity contribution in [1.29, 1.82) is 0 Å². The SMILES string of the molecule is C#CCOc1c(Br)cc(/C=C2/SC(=O)N(CC(=O)N3CCOCC3)C2=O)cc1OC. The van der Waals surface area contributed by atoms with Gasteiger partial charge in [0.25, 0.3) is 11.1 Å². The predicted molar refractivity (Wildman–Crippen MR) is 115 cm³/mol. The number of benzene rings is 1. The minimum atomic E-state index is -0.505. The number of amides is 3. The molecule has 30 heavy (non-hydrogen) atoms. The molecule has 2 saturated heterocycles. The number of terminal acetylenes is 1. The van der Waals surface area contributed by atoms with Crippen molar-refractivity contribution in [3.05, 3.63) is 27.1 Å². The molecule has 1 aromatic carbocycles. The highest BCUT2D eigenvalue weighted by Crippen LogP contribution is 2.39. The first kappa shape index (κ1) is 22.2. The van der Waals surface area contributed by atoms with Crippen molar-refractivity contribution in [1.82, 2.24) is 9.80 Å². The minimum Gasteiger partial charge on any atom is -0.493 e. The number of rotatable bonds is 6. The Hall–Kier alpha value is -2.48. The van der Waals surface area contributed by atoms with Crippen molar-refractivity contribution < 1.29 is 28.6 Å². The van der Waals surface area contributed by atoms with Crippen molar-refractivity contribution in [3.8, 4) is 23.8 Å². The van der Waals surface area contributed by atoms with Crippen molar-refractivity contribution in [2.75, 3.05) is 46.6 Å². The van der Waals surface area contributed by atoms with E-state index in [-0.39, 0.29) is 24.0 Å². The lowest BCUT2D eigenvalue weighted by molar-refractivity contribution is -0.139. The molecule has 0 saturated carbocycles. The summed E-state index contributed by atoms with van der Waals surface area (Å²) in [7, 11) is 1.49. The number of nitrogens with zero attached hydrogens (tertiary/aromatic N) is 2. The zero-order valence-corrected chi connectivity index (χ0v) is 18.6. The fraction of sp³-hybridized carbons (Fsp3) is 0.350. The second-order valence-corrected chi connectivity index (χ2v) is 8.14. The van der Waals surface area contributed by atoms with Crippen molar-refractivity contribution >= 4 is 50.8 Å². The van der Waals surface area contributed by atoms with E-state index in [1.54, 1.807) is 23.1 Å². The topological polar surface area (TPSA) is 85.4 Å². The van der Waals surface area contributed by atoms with E-state index in [1.165, 1.54) is 7.11 Å². The van der Waals surface area contributed by atoms with Crippen LogP contribution in [-0.2, 0) is 14.3 Å². The van der Waals surface area contributed by atoms with Gasteiger partial charge in [0.05, 0.1) is 29.7 Å². The van der Waals surface area contributed by atoms with Crippen LogP contribution in [0.1, 0.15) is 5.56 Å². The Morgan fingerprint density at radius 2 is 2.10 bits per heavy atom. The van der Waals surface area contributed by atoms with Crippen LogP contribution in [0.2, 0.25) is 0 Å². The number of halogens is 1. The molecule has 2 fully saturated rings. The molecule has 2 heterocycles. The van der Waals surface area contributed by atoms with Crippen LogP contribution in [0, 0.1) is 12.3 Å². The Kier molecular flexibility index (Phi) is 7.42. The zero-order chi connectivity index (χ0) is 21.7. The molecule has 2 aliphatic heterocycles. The van der Waals surface area contributed by atoms with Gasteiger partial charge < -0.3 is 19.1 Å². The van der Waals surface area contributed by atoms with Crippen molar-refractivity contribution in [2.45, 2.75) is 0 Å². The predicted octanol–water partition coefficient (Wildman–Crippen LogP) is 2.36.